The van der Waals surface area contributed by atoms with Crippen molar-refractivity contribution in [2.24, 2.45) is 0 Å². The van der Waals surface area contributed by atoms with Gasteiger partial charge in [0.1, 0.15) is 5.82 Å². The van der Waals surface area contributed by atoms with Crippen molar-refractivity contribution in [2.75, 3.05) is 4.90 Å². The van der Waals surface area contributed by atoms with Crippen molar-refractivity contribution in [1.29, 1.82) is 0 Å². The van der Waals surface area contributed by atoms with Gasteiger partial charge in [-0.2, -0.15) is 0 Å². The molecule has 0 fully saturated rings. The summed E-state index contributed by atoms with van der Waals surface area (Å²) in [5.41, 5.74) is 3.57. The van der Waals surface area contributed by atoms with Gasteiger partial charge in [-0.1, -0.05) is 54.7 Å². The van der Waals surface area contributed by atoms with Crippen molar-refractivity contribution < 1.29 is 9.18 Å². The maximum Gasteiger partial charge on any atom is 0.257 e. The summed E-state index contributed by atoms with van der Waals surface area (Å²) in [6, 6.07) is 21.8. The summed E-state index contributed by atoms with van der Waals surface area (Å²) in [6.07, 6.45) is 4.11. The average molecular weight is 402 g/mol. The number of aryl methyl sites for hydroxylation is 1. The number of carbonyl (C=O) groups is 1. The van der Waals surface area contributed by atoms with Crippen LogP contribution in [0.3, 0.4) is 0 Å². The first-order chi connectivity index (χ1) is 14.1. The minimum atomic E-state index is -0.305. The van der Waals surface area contributed by atoms with Gasteiger partial charge in [0.2, 0.25) is 0 Å². The van der Waals surface area contributed by atoms with Crippen LogP contribution >= 0.6 is 11.3 Å². The van der Waals surface area contributed by atoms with E-state index in [4.69, 9.17) is 0 Å². The van der Waals surface area contributed by atoms with Crippen LogP contribution in [0.25, 0.3) is 16.3 Å². The highest BCUT2D eigenvalue weighted by molar-refractivity contribution is 7.22. The fourth-order valence-electron chi connectivity index (χ4n) is 2.98. The van der Waals surface area contributed by atoms with Crippen molar-refractivity contribution in [3.05, 3.63) is 95.8 Å². The maximum atomic E-state index is 13.1. The number of halogens is 1. The second kappa shape index (κ2) is 8.37. The summed E-state index contributed by atoms with van der Waals surface area (Å²) in [7, 11) is 0. The fraction of sp³-hybridized carbons (Fsp3) is 0.0833. The summed E-state index contributed by atoms with van der Waals surface area (Å²) in [4.78, 5) is 19.4. The van der Waals surface area contributed by atoms with Gasteiger partial charge in [0, 0.05) is 6.08 Å². The Morgan fingerprint density at radius 2 is 1.76 bits per heavy atom. The lowest BCUT2D eigenvalue weighted by molar-refractivity contribution is -0.113. The van der Waals surface area contributed by atoms with E-state index in [0.29, 0.717) is 5.13 Å². The van der Waals surface area contributed by atoms with Crippen LogP contribution in [0.1, 0.15) is 18.1 Å². The average Bonchev–Trinajstić information content (AvgIpc) is 3.17. The van der Waals surface area contributed by atoms with Crippen LogP contribution in [-0.4, -0.2) is 10.9 Å². The Labute approximate surface area is 172 Å². The molecule has 0 aliphatic carbocycles. The molecule has 0 saturated heterocycles. The SMILES string of the molecule is CCc1ccc(N(C(=O)/C=C/c2ccc(F)cc2)c2nc3ccccc3s2)cc1. The molecule has 5 heteroatoms. The van der Waals surface area contributed by atoms with Crippen molar-refractivity contribution >= 4 is 44.4 Å². The zero-order chi connectivity index (χ0) is 20.2. The minimum Gasteiger partial charge on any atom is -0.269 e. The first-order valence-corrected chi connectivity index (χ1v) is 10.2. The van der Waals surface area contributed by atoms with E-state index in [2.05, 4.69) is 11.9 Å². The highest BCUT2D eigenvalue weighted by atomic mass is 32.1. The van der Waals surface area contributed by atoms with E-state index in [1.165, 1.54) is 35.1 Å². The third-order valence-corrected chi connectivity index (χ3v) is 5.61. The fourth-order valence-corrected chi connectivity index (χ4v) is 3.98. The van der Waals surface area contributed by atoms with Crippen LogP contribution in [0, 0.1) is 5.82 Å². The van der Waals surface area contributed by atoms with E-state index in [9.17, 15) is 9.18 Å². The number of hydrogen-bond donors (Lipinski definition) is 0. The van der Waals surface area contributed by atoms with Gasteiger partial charge >= 0.3 is 0 Å². The summed E-state index contributed by atoms with van der Waals surface area (Å²) in [6.45, 7) is 2.09. The van der Waals surface area contributed by atoms with Crippen LogP contribution < -0.4 is 4.90 Å². The Morgan fingerprint density at radius 3 is 2.45 bits per heavy atom. The summed E-state index contributed by atoms with van der Waals surface area (Å²) in [5.74, 6) is -0.516. The molecular formula is C24H19FN2OS. The Bertz CT molecular complexity index is 1130. The van der Waals surface area contributed by atoms with Crippen molar-refractivity contribution in [3.8, 4) is 0 Å². The monoisotopic (exact) mass is 402 g/mol. The standard InChI is InChI=1S/C24H19FN2OS/c1-2-17-9-14-20(15-10-17)27(24-26-21-5-3-4-6-22(21)29-24)23(28)16-11-18-7-12-19(25)13-8-18/h3-16H,2H2,1H3/b16-11+. The molecule has 3 nitrogen and oxygen atoms in total. The summed E-state index contributed by atoms with van der Waals surface area (Å²) < 4.78 is 14.1. The first-order valence-electron chi connectivity index (χ1n) is 9.36. The van der Waals surface area contributed by atoms with E-state index >= 15 is 0 Å². The lowest BCUT2D eigenvalue weighted by atomic mass is 10.1. The highest BCUT2D eigenvalue weighted by Gasteiger charge is 2.20. The first kappa shape index (κ1) is 19.0. The maximum absolute atomic E-state index is 13.1. The van der Waals surface area contributed by atoms with E-state index < -0.39 is 0 Å². The molecular weight excluding hydrogens is 383 g/mol. The molecule has 0 aliphatic heterocycles. The molecule has 1 heterocycles. The number of anilines is 2. The molecule has 4 rings (SSSR count). The Kier molecular flexibility index (Phi) is 5.49. The largest absolute Gasteiger partial charge is 0.269 e. The molecule has 0 radical (unpaired) electrons. The van der Waals surface area contributed by atoms with Gasteiger partial charge in [-0.3, -0.25) is 9.69 Å². The van der Waals surface area contributed by atoms with Crippen LogP contribution in [0.4, 0.5) is 15.2 Å². The normalized spacial score (nSPS) is 11.2. The molecule has 1 aromatic heterocycles. The number of nitrogens with zero attached hydrogens (tertiary/aromatic N) is 2. The molecule has 3 aromatic carbocycles. The van der Waals surface area contributed by atoms with Gasteiger partial charge < -0.3 is 0 Å². The number of amides is 1. The lowest BCUT2D eigenvalue weighted by Crippen LogP contribution is -2.23. The molecule has 0 bridgehead atoms. The van der Waals surface area contributed by atoms with E-state index in [1.807, 2.05) is 48.5 Å². The number of fused-ring (bicyclic) bond motifs is 1. The number of thiazole rings is 1. The molecule has 0 atom stereocenters. The van der Waals surface area contributed by atoms with Crippen molar-refractivity contribution in [2.45, 2.75) is 13.3 Å². The molecule has 1 amide bonds. The molecule has 4 aromatic rings. The number of rotatable bonds is 5. The van der Waals surface area contributed by atoms with Gasteiger partial charge in [0.15, 0.2) is 5.13 Å². The molecule has 0 saturated carbocycles. The number of aromatic nitrogens is 1. The second-order valence-corrected chi connectivity index (χ2v) is 7.55. The van der Waals surface area contributed by atoms with Crippen molar-refractivity contribution in [1.82, 2.24) is 4.98 Å². The zero-order valence-electron chi connectivity index (χ0n) is 15.9. The van der Waals surface area contributed by atoms with Gasteiger partial charge in [-0.25, -0.2) is 9.37 Å². The number of carbonyl (C=O) groups excluding carboxylic acids is 1. The van der Waals surface area contributed by atoms with Crippen molar-refractivity contribution in [3.63, 3.8) is 0 Å². The van der Waals surface area contributed by atoms with Gasteiger partial charge in [-0.05, 0) is 60.0 Å². The topological polar surface area (TPSA) is 33.2 Å². The molecule has 0 unspecified atom stereocenters. The van der Waals surface area contributed by atoms with E-state index in [-0.39, 0.29) is 11.7 Å². The summed E-state index contributed by atoms with van der Waals surface area (Å²) in [5, 5.41) is 0.615. The van der Waals surface area contributed by atoms with Gasteiger partial charge in [0.05, 0.1) is 15.9 Å². The minimum absolute atomic E-state index is 0.211. The predicted molar refractivity (Wildman–Crippen MR) is 118 cm³/mol. The number of hydrogen-bond acceptors (Lipinski definition) is 3. The molecule has 0 spiro atoms. The van der Waals surface area contributed by atoms with Gasteiger partial charge in [0.25, 0.3) is 5.91 Å². The number of benzene rings is 3. The molecule has 0 aliphatic rings. The zero-order valence-corrected chi connectivity index (χ0v) is 16.7. The Morgan fingerprint density at radius 1 is 1.03 bits per heavy atom. The molecule has 0 N–H and O–H groups in total. The highest BCUT2D eigenvalue weighted by Crippen LogP contribution is 2.34. The third kappa shape index (κ3) is 4.25. The molecule has 144 valence electrons. The van der Waals surface area contributed by atoms with Crippen LogP contribution in [0.15, 0.2) is 78.9 Å². The van der Waals surface area contributed by atoms with Gasteiger partial charge in [-0.15, -0.1) is 0 Å². The smallest absolute Gasteiger partial charge is 0.257 e. The third-order valence-electron chi connectivity index (χ3n) is 4.59. The lowest BCUT2D eigenvalue weighted by Gasteiger charge is -2.18. The molecule has 29 heavy (non-hydrogen) atoms. The van der Waals surface area contributed by atoms with Crippen LogP contribution in [0.5, 0.6) is 0 Å². The van der Waals surface area contributed by atoms with Crippen LogP contribution in [-0.2, 0) is 11.2 Å². The van der Waals surface area contributed by atoms with E-state index in [1.54, 1.807) is 23.1 Å². The summed E-state index contributed by atoms with van der Waals surface area (Å²) >= 11 is 1.47. The second-order valence-electron chi connectivity index (χ2n) is 6.54. The number of para-hydroxylation sites is 1. The quantitative estimate of drug-likeness (QED) is 0.363. The Balaban J connectivity index is 1.72. The van der Waals surface area contributed by atoms with Crippen LogP contribution in [0.2, 0.25) is 0 Å². The Hall–Kier alpha value is -3.31. The van der Waals surface area contributed by atoms with E-state index in [0.717, 1.165) is 27.9 Å². The predicted octanol–water partition coefficient (Wildman–Crippen LogP) is 6.38.